The maximum atomic E-state index is 5.59. The molecule has 23 heavy (non-hydrogen) atoms. The van der Waals surface area contributed by atoms with Gasteiger partial charge in [0, 0.05) is 0 Å². The SMILES string of the molecule is Cc1ccc(C)c(/C=C/CCCc2cccc(CCCN)c2)c1. The van der Waals surface area contributed by atoms with E-state index < -0.39 is 0 Å². The topological polar surface area (TPSA) is 26.0 Å². The van der Waals surface area contributed by atoms with E-state index in [1.165, 1.54) is 34.2 Å². The van der Waals surface area contributed by atoms with Crippen molar-refractivity contribution in [2.24, 2.45) is 5.73 Å². The molecule has 0 fully saturated rings. The highest BCUT2D eigenvalue weighted by atomic mass is 14.5. The standard InChI is InChI=1S/C22H29N/c1-18-13-14-19(2)22(16-18)12-5-3-4-8-20-9-6-10-21(17-20)11-7-15-23/h5-6,9-10,12-14,16-17H,3-4,7-8,11,15,23H2,1-2H3/b12-5+. The van der Waals surface area contributed by atoms with Crippen molar-refractivity contribution in [3.8, 4) is 0 Å². The van der Waals surface area contributed by atoms with E-state index >= 15 is 0 Å². The first-order chi connectivity index (χ1) is 11.2. The number of hydrogen-bond donors (Lipinski definition) is 1. The van der Waals surface area contributed by atoms with E-state index in [9.17, 15) is 0 Å². The zero-order valence-corrected chi connectivity index (χ0v) is 14.5. The van der Waals surface area contributed by atoms with E-state index in [1.54, 1.807) is 0 Å². The van der Waals surface area contributed by atoms with Crippen LogP contribution in [0.1, 0.15) is 47.1 Å². The largest absolute Gasteiger partial charge is 0.330 e. The molecule has 0 amide bonds. The van der Waals surface area contributed by atoms with E-state index in [1.807, 2.05) is 0 Å². The Hall–Kier alpha value is -1.86. The minimum atomic E-state index is 0.771. The Kier molecular flexibility index (Phi) is 7.09. The molecule has 0 atom stereocenters. The van der Waals surface area contributed by atoms with Crippen LogP contribution in [0.4, 0.5) is 0 Å². The molecule has 1 nitrogen and oxygen atoms in total. The Balaban J connectivity index is 1.81. The molecule has 1 heteroatoms. The van der Waals surface area contributed by atoms with Gasteiger partial charge in [-0.2, -0.15) is 0 Å². The molecule has 0 aliphatic carbocycles. The Morgan fingerprint density at radius 3 is 2.39 bits per heavy atom. The van der Waals surface area contributed by atoms with Crippen LogP contribution in [0.3, 0.4) is 0 Å². The van der Waals surface area contributed by atoms with E-state index in [-0.39, 0.29) is 0 Å². The van der Waals surface area contributed by atoms with Gasteiger partial charge in [-0.3, -0.25) is 0 Å². The molecular formula is C22H29N. The van der Waals surface area contributed by atoms with Crippen LogP contribution in [0.25, 0.3) is 6.08 Å². The predicted molar refractivity (Wildman–Crippen MR) is 102 cm³/mol. The summed E-state index contributed by atoms with van der Waals surface area (Å²) in [6.07, 6.45) is 10.2. The van der Waals surface area contributed by atoms with Crippen molar-refractivity contribution in [2.45, 2.75) is 46.0 Å². The van der Waals surface area contributed by atoms with E-state index in [2.05, 4.69) is 68.5 Å². The van der Waals surface area contributed by atoms with E-state index in [0.29, 0.717) is 0 Å². The summed E-state index contributed by atoms with van der Waals surface area (Å²) in [5, 5.41) is 0. The maximum Gasteiger partial charge on any atom is -0.00741 e. The van der Waals surface area contributed by atoms with Crippen LogP contribution in [0.2, 0.25) is 0 Å². The average molecular weight is 307 g/mol. The fourth-order valence-electron chi connectivity index (χ4n) is 2.82. The Morgan fingerprint density at radius 1 is 0.913 bits per heavy atom. The zero-order valence-electron chi connectivity index (χ0n) is 14.5. The summed E-state index contributed by atoms with van der Waals surface area (Å²) in [6, 6.07) is 15.6. The molecule has 0 radical (unpaired) electrons. The van der Waals surface area contributed by atoms with Gasteiger partial charge in [-0.15, -0.1) is 0 Å². The number of rotatable bonds is 8. The summed E-state index contributed by atoms with van der Waals surface area (Å²) in [5.41, 5.74) is 12.5. The summed E-state index contributed by atoms with van der Waals surface area (Å²) >= 11 is 0. The number of aryl methyl sites for hydroxylation is 4. The van der Waals surface area contributed by atoms with Crippen LogP contribution in [0, 0.1) is 13.8 Å². The maximum absolute atomic E-state index is 5.59. The molecule has 0 heterocycles. The second-order valence-electron chi connectivity index (χ2n) is 6.37. The monoisotopic (exact) mass is 307 g/mol. The van der Waals surface area contributed by atoms with Crippen LogP contribution in [-0.2, 0) is 12.8 Å². The fraction of sp³-hybridized carbons (Fsp3) is 0.364. The van der Waals surface area contributed by atoms with Crippen molar-refractivity contribution in [3.05, 3.63) is 76.4 Å². The highest BCUT2D eigenvalue weighted by molar-refractivity contribution is 5.54. The molecule has 0 saturated heterocycles. The Morgan fingerprint density at radius 2 is 1.65 bits per heavy atom. The van der Waals surface area contributed by atoms with Crippen LogP contribution >= 0.6 is 0 Å². The summed E-state index contributed by atoms with van der Waals surface area (Å²) < 4.78 is 0. The summed E-state index contributed by atoms with van der Waals surface area (Å²) in [5.74, 6) is 0. The molecule has 0 aliphatic heterocycles. The van der Waals surface area contributed by atoms with Gasteiger partial charge in [0.1, 0.15) is 0 Å². The first-order valence-electron chi connectivity index (χ1n) is 8.71. The third-order valence-electron chi connectivity index (χ3n) is 4.23. The van der Waals surface area contributed by atoms with Crippen molar-refractivity contribution in [1.82, 2.24) is 0 Å². The normalized spacial score (nSPS) is 11.3. The smallest absolute Gasteiger partial charge is 0.00741 e. The minimum Gasteiger partial charge on any atom is -0.330 e. The molecule has 2 rings (SSSR count). The second-order valence-corrected chi connectivity index (χ2v) is 6.37. The fourth-order valence-corrected chi connectivity index (χ4v) is 2.82. The third kappa shape index (κ3) is 6.03. The van der Waals surface area contributed by atoms with Crippen molar-refractivity contribution >= 4 is 6.08 Å². The lowest BCUT2D eigenvalue weighted by Crippen LogP contribution is -2.00. The lowest BCUT2D eigenvalue weighted by atomic mass is 10.0. The van der Waals surface area contributed by atoms with Crippen LogP contribution in [0.5, 0.6) is 0 Å². The van der Waals surface area contributed by atoms with Crippen LogP contribution in [0.15, 0.2) is 48.5 Å². The van der Waals surface area contributed by atoms with E-state index in [0.717, 1.165) is 32.2 Å². The van der Waals surface area contributed by atoms with Crippen molar-refractivity contribution in [1.29, 1.82) is 0 Å². The van der Waals surface area contributed by atoms with E-state index in [4.69, 9.17) is 5.73 Å². The minimum absolute atomic E-state index is 0.771. The lowest BCUT2D eigenvalue weighted by molar-refractivity contribution is 0.820. The van der Waals surface area contributed by atoms with Crippen molar-refractivity contribution < 1.29 is 0 Å². The second kappa shape index (κ2) is 9.32. The molecule has 0 bridgehead atoms. The number of allylic oxidation sites excluding steroid dienone is 1. The van der Waals surface area contributed by atoms with Gasteiger partial charge in [0.25, 0.3) is 0 Å². The Labute approximate surface area is 141 Å². The number of benzene rings is 2. The highest BCUT2D eigenvalue weighted by Gasteiger charge is 1.97. The highest BCUT2D eigenvalue weighted by Crippen LogP contribution is 2.14. The summed E-state index contributed by atoms with van der Waals surface area (Å²) in [6.45, 7) is 5.09. The molecule has 122 valence electrons. The summed E-state index contributed by atoms with van der Waals surface area (Å²) in [7, 11) is 0. The predicted octanol–water partition coefficient (Wildman–Crippen LogP) is 5.23. The molecule has 0 unspecified atom stereocenters. The summed E-state index contributed by atoms with van der Waals surface area (Å²) in [4.78, 5) is 0. The van der Waals surface area contributed by atoms with Gasteiger partial charge in [0.15, 0.2) is 0 Å². The first-order valence-corrected chi connectivity index (χ1v) is 8.71. The van der Waals surface area contributed by atoms with Gasteiger partial charge >= 0.3 is 0 Å². The first kappa shape index (κ1) is 17.5. The zero-order chi connectivity index (χ0) is 16.5. The van der Waals surface area contributed by atoms with Gasteiger partial charge in [-0.05, 0) is 74.8 Å². The molecule has 2 aromatic rings. The Bertz CT molecular complexity index is 640. The molecular weight excluding hydrogens is 278 g/mol. The molecule has 0 aliphatic rings. The number of unbranched alkanes of at least 4 members (excludes halogenated alkanes) is 1. The molecule has 0 saturated carbocycles. The van der Waals surface area contributed by atoms with Crippen molar-refractivity contribution in [2.75, 3.05) is 6.54 Å². The van der Waals surface area contributed by atoms with Gasteiger partial charge < -0.3 is 5.73 Å². The molecule has 0 spiro atoms. The lowest BCUT2D eigenvalue weighted by Gasteiger charge is -2.04. The number of hydrogen-bond acceptors (Lipinski definition) is 1. The molecule has 2 aromatic carbocycles. The van der Waals surface area contributed by atoms with Crippen LogP contribution in [-0.4, -0.2) is 6.54 Å². The quantitative estimate of drug-likeness (QED) is 0.664. The molecule has 2 N–H and O–H groups in total. The van der Waals surface area contributed by atoms with Gasteiger partial charge in [0.2, 0.25) is 0 Å². The van der Waals surface area contributed by atoms with Gasteiger partial charge in [-0.25, -0.2) is 0 Å². The van der Waals surface area contributed by atoms with Crippen molar-refractivity contribution in [3.63, 3.8) is 0 Å². The van der Waals surface area contributed by atoms with Crippen LogP contribution < -0.4 is 5.73 Å². The number of nitrogens with two attached hydrogens (primary N) is 1. The van der Waals surface area contributed by atoms with Gasteiger partial charge in [-0.1, -0.05) is 60.2 Å². The molecule has 0 aromatic heterocycles. The average Bonchev–Trinajstić information content (AvgIpc) is 2.56. The van der Waals surface area contributed by atoms with Gasteiger partial charge in [0.05, 0.1) is 0 Å². The third-order valence-corrected chi connectivity index (χ3v) is 4.23.